The van der Waals surface area contributed by atoms with Gasteiger partial charge in [0.2, 0.25) is 0 Å². The number of nitrogens with zero attached hydrogens (tertiary/aromatic N) is 2. The summed E-state index contributed by atoms with van der Waals surface area (Å²) in [4.78, 5) is 3.36. The van der Waals surface area contributed by atoms with Gasteiger partial charge in [-0.1, -0.05) is 146 Å². The molecule has 0 unspecified atom stereocenters. The lowest BCUT2D eigenvalue weighted by atomic mass is 10.0. The summed E-state index contributed by atoms with van der Waals surface area (Å²) in [5, 5.41) is 26.1. The molecule has 0 bridgehead atoms. The van der Waals surface area contributed by atoms with E-state index in [0.717, 1.165) is 22.4 Å². The SMILES string of the molecule is CC(C)c1ccc(C#N)cc1.CC(C)c1ccc(CO)cc1.CC(C)c1cccc(CO)c1.[C-]#[N+]c1cccc(C(C)C)c1. The van der Waals surface area contributed by atoms with E-state index in [-0.39, 0.29) is 13.2 Å². The molecular weight excluding hydrogens is 540 g/mol. The molecule has 0 aromatic heterocycles. The molecule has 0 radical (unpaired) electrons. The molecule has 0 aliphatic heterocycles. The molecule has 0 aliphatic carbocycles. The van der Waals surface area contributed by atoms with Crippen molar-refractivity contribution in [1.29, 1.82) is 5.26 Å². The third-order valence-corrected chi connectivity index (χ3v) is 7.00. The molecule has 4 rings (SSSR count). The van der Waals surface area contributed by atoms with Crippen molar-refractivity contribution in [3.8, 4) is 6.07 Å². The van der Waals surface area contributed by atoms with Crippen molar-refractivity contribution in [2.45, 2.75) is 92.3 Å². The zero-order valence-corrected chi connectivity index (χ0v) is 27.8. The van der Waals surface area contributed by atoms with Gasteiger partial charge in [0.1, 0.15) is 0 Å². The van der Waals surface area contributed by atoms with E-state index >= 15 is 0 Å². The zero-order chi connectivity index (χ0) is 33.1. The normalized spacial score (nSPS) is 10.1. The summed E-state index contributed by atoms with van der Waals surface area (Å²) in [6, 6.07) is 33.7. The number of benzene rings is 4. The van der Waals surface area contributed by atoms with Crippen LogP contribution in [0.5, 0.6) is 0 Å². The highest BCUT2D eigenvalue weighted by Gasteiger charge is 2.00. The monoisotopic (exact) mass is 590 g/mol. The lowest BCUT2D eigenvalue weighted by molar-refractivity contribution is 0.281. The Kier molecular flexibility index (Phi) is 17.7. The maximum atomic E-state index is 8.84. The summed E-state index contributed by atoms with van der Waals surface area (Å²) >= 11 is 0. The van der Waals surface area contributed by atoms with Crippen molar-refractivity contribution in [1.82, 2.24) is 0 Å². The van der Waals surface area contributed by atoms with Crippen molar-refractivity contribution in [2.75, 3.05) is 0 Å². The van der Waals surface area contributed by atoms with E-state index in [0.29, 0.717) is 23.7 Å². The summed E-state index contributed by atoms with van der Waals surface area (Å²) in [7, 11) is 0. The highest BCUT2D eigenvalue weighted by Crippen LogP contribution is 2.20. The Hall–Kier alpha value is -4.22. The second kappa shape index (κ2) is 20.6. The topological polar surface area (TPSA) is 68.6 Å². The van der Waals surface area contributed by atoms with Gasteiger partial charge in [0.25, 0.3) is 0 Å². The van der Waals surface area contributed by atoms with Gasteiger partial charge >= 0.3 is 0 Å². The quantitative estimate of drug-likeness (QED) is 0.220. The van der Waals surface area contributed by atoms with Crippen LogP contribution in [0.2, 0.25) is 0 Å². The molecule has 0 atom stereocenters. The van der Waals surface area contributed by atoms with Gasteiger partial charge in [0, 0.05) is 0 Å². The standard InChI is InChI=1S/2C10H11N.2C10H14O/c1-8(2)9-5-4-6-10(7-9)11-3;2*1-8(2)10-5-3-9(7-11)4-6-10;1-8(2)10-5-3-4-9(6-10)7-11/h4-8H,1-2H3;3-6,8H,1-2H3;2*3-6,8,11H,7H2,1-2H3. The number of rotatable bonds is 6. The molecule has 232 valence electrons. The maximum Gasteiger partial charge on any atom is 0.187 e. The van der Waals surface area contributed by atoms with Gasteiger partial charge in [0.05, 0.1) is 31.4 Å². The zero-order valence-electron chi connectivity index (χ0n) is 27.8. The van der Waals surface area contributed by atoms with Crippen LogP contribution in [0.15, 0.2) is 97.1 Å². The summed E-state index contributed by atoms with van der Waals surface area (Å²) < 4.78 is 0. The summed E-state index contributed by atoms with van der Waals surface area (Å²) in [5.74, 6) is 2.17. The first kappa shape index (κ1) is 37.8. The minimum atomic E-state index is 0.137. The molecule has 0 heterocycles. The predicted molar refractivity (Wildman–Crippen MR) is 185 cm³/mol. The van der Waals surface area contributed by atoms with Crippen LogP contribution in [-0.2, 0) is 13.2 Å². The Morgan fingerprint density at radius 3 is 1.41 bits per heavy atom. The van der Waals surface area contributed by atoms with Gasteiger partial charge in [-0.3, -0.25) is 0 Å². The average Bonchev–Trinajstić information content (AvgIpc) is 3.05. The average molecular weight is 591 g/mol. The minimum absolute atomic E-state index is 0.137. The van der Waals surface area contributed by atoms with Gasteiger partial charge < -0.3 is 10.2 Å². The highest BCUT2D eigenvalue weighted by molar-refractivity contribution is 5.47. The van der Waals surface area contributed by atoms with Crippen molar-refractivity contribution < 1.29 is 10.2 Å². The first-order chi connectivity index (χ1) is 20.9. The molecule has 0 fully saturated rings. The number of nitriles is 1. The minimum Gasteiger partial charge on any atom is -0.392 e. The molecule has 0 saturated heterocycles. The maximum absolute atomic E-state index is 8.84. The number of aliphatic hydroxyl groups excluding tert-OH is 2. The number of aliphatic hydroxyl groups is 2. The van der Waals surface area contributed by atoms with E-state index in [1.165, 1.54) is 22.3 Å². The van der Waals surface area contributed by atoms with Gasteiger partial charge in [-0.15, -0.1) is 0 Å². The molecule has 44 heavy (non-hydrogen) atoms. The second-order valence-electron chi connectivity index (χ2n) is 11.9. The van der Waals surface area contributed by atoms with Crippen LogP contribution in [0.4, 0.5) is 5.69 Å². The second-order valence-corrected chi connectivity index (χ2v) is 11.9. The Bertz CT molecular complexity index is 1440. The first-order valence-corrected chi connectivity index (χ1v) is 15.3. The van der Waals surface area contributed by atoms with E-state index < -0.39 is 0 Å². The van der Waals surface area contributed by atoms with Crippen molar-refractivity contribution in [3.05, 3.63) is 147 Å². The first-order valence-electron chi connectivity index (χ1n) is 15.3. The van der Waals surface area contributed by atoms with Crippen molar-refractivity contribution in [3.63, 3.8) is 0 Å². The van der Waals surface area contributed by atoms with Gasteiger partial charge in [-0.25, -0.2) is 4.85 Å². The van der Waals surface area contributed by atoms with Crippen LogP contribution in [0.1, 0.15) is 118 Å². The molecule has 0 spiro atoms. The van der Waals surface area contributed by atoms with Crippen LogP contribution in [0.3, 0.4) is 0 Å². The Labute approximate surface area is 266 Å². The van der Waals surface area contributed by atoms with Crippen LogP contribution in [0, 0.1) is 17.9 Å². The molecular formula is C40H50N2O2. The predicted octanol–water partition coefficient (Wildman–Crippen LogP) is 10.6. The van der Waals surface area contributed by atoms with Gasteiger partial charge in [-0.2, -0.15) is 5.26 Å². The molecule has 0 aliphatic rings. The largest absolute Gasteiger partial charge is 0.392 e. The summed E-state index contributed by atoms with van der Waals surface area (Å²) in [6.07, 6.45) is 0. The van der Waals surface area contributed by atoms with E-state index in [1.807, 2.05) is 72.8 Å². The van der Waals surface area contributed by atoms with Crippen molar-refractivity contribution >= 4 is 5.69 Å². The third kappa shape index (κ3) is 14.3. The van der Waals surface area contributed by atoms with Crippen LogP contribution in [-0.4, -0.2) is 10.2 Å². The third-order valence-electron chi connectivity index (χ3n) is 7.00. The smallest absolute Gasteiger partial charge is 0.187 e. The molecule has 4 nitrogen and oxygen atoms in total. The van der Waals surface area contributed by atoms with Gasteiger partial charge in [-0.05, 0) is 63.6 Å². The molecule has 0 saturated carbocycles. The summed E-state index contributed by atoms with van der Waals surface area (Å²) in [6.45, 7) is 24.2. The molecule has 4 aromatic rings. The van der Waals surface area contributed by atoms with E-state index in [2.05, 4.69) is 90.6 Å². The summed E-state index contributed by atoms with van der Waals surface area (Å²) in [5.41, 5.74) is 8.57. The number of hydrogen-bond acceptors (Lipinski definition) is 3. The van der Waals surface area contributed by atoms with Crippen LogP contribution < -0.4 is 0 Å². The fourth-order valence-corrected chi connectivity index (χ4v) is 3.95. The lowest BCUT2D eigenvalue weighted by Gasteiger charge is -2.05. The fourth-order valence-electron chi connectivity index (χ4n) is 3.95. The van der Waals surface area contributed by atoms with Gasteiger partial charge in [0.15, 0.2) is 5.69 Å². The fraction of sp³-hybridized carbons (Fsp3) is 0.350. The van der Waals surface area contributed by atoms with E-state index in [1.54, 1.807) is 0 Å². The van der Waals surface area contributed by atoms with Crippen molar-refractivity contribution in [2.24, 2.45) is 0 Å². The Morgan fingerprint density at radius 2 is 1.00 bits per heavy atom. The molecule has 2 N–H and O–H groups in total. The highest BCUT2D eigenvalue weighted by atomic mass is 16.3. The van der Waals surface area contributed by atoms with E-state index in [4.69, 9.17) is 22.0 Å². The van der Waals surface area contributed by atoms with Crippen LogP contribution >= 0.6 is 0 Å². The number of hydrogen-bond donors (Lipinski definition) is 2. The van der Waals surface area contributed by atoms with E-state index in [9.17, 15) is 0 Å². The Morgan fingerprint density at radius 1 is 0.568 bits per heavy atom. The molecule has 4 heteroatoms. The Balaban J connectivity index is 0.000000293. The molecule has 0 amide bonds. The van der Waals surface area contributed by atoms with Crippen LogP contribution in [0.25, 0.3) is 4.85 Å². The molecule has 4 aromatic carbocycles. The lowest BCUT2D eigenvalue weighted by Crippen LogP contribution is -1.89.